The highest BCUT2D eigenvalue weighted by Gasteiger charge is 1.99. The zero-order valence-corrected chi connectivity index (χ0v) is 5.51. The van der Waals surface area contributed by atoms with Gasteiger partial charge in [0.05, 0.1) is 5.03 Å². The van der Waals surface area contributed by atoms with E-state index in [-0.39, 0.29) is 0 Å². The van der Waals surface area contributed by atoms with Crippen LogP contribution in [-0.2, 0) is 4.79 Å². The first kappa shape index (κ1) is 6.36. The number of allylic oxidation sites excluding steroid dienone is 2. The van der Waals surface area contributed by atoms with Gasteiger partial charge in [-0.1, -0.05) is 17.7 Å². The van der Waals surface area contributed by atoms with Crippen LogP contribution in [0.2, 0.25) is 0 Å². The third kappa shape index (κ3) is 1.57. The van der Waals surface area contributed by atoms with Gasteiger partial charge >= 0.3 is 0 Å². The van der Waals surface area contributed by atoms with E-state index in [9.17, 15) is 4.79 Å². The number of hydrogen-bond acceptors (Lipinski definition) is 1. The van der Waals surface area contributed by atoms with Crippen LogP contribution in [0.5, 0.6) is 0 Å². The summed E-state index contributed by atoms with van der Waals surface area (Å²) in [6.07, 6.45) is 5.93. The highest BCUT2D eigenvalue weighted by atomic mass is 35.5. The Morgan fingerprint density at radius 1 is 1.78 bits per heavy atom. The summed E-state index contributed by atoms with van der Waals surface area (Å²) in [7, 11) is 0. The lowest BCUT2D eigenvalue weighted by Crippen LogP contribution is -2.16. The number of rotatable bonds is 1. The average Bonchev–Trinajstić information content (AvgIpc) is 1.88. The van der Waals surface area contributed by atoms with Gasteiger partial charge in [-0.2, -0.15) is 0 Å². The van der Waals surface area contributed by atoms with Crippen LogP contribution in [0.15, 0.2) is 23.4 Å². The first-order valence-corrected chi connectivity index (χ1v) is 2.95. The van der Waals surface area contributed by atoms with Gasteiger partial charge in [-0.3, -0.25) is 4.79 Å². The van der Waals surface area contributed by atoms with Crippen molar-refractivity contribution in [2.45, 2.75) is 0 Å². The fraction of sp³-hybridized carbons (Fsp3) is 0.167. The smallest absolute Gasteiger partial charge is 0.214 e. The van der Waals surface area contributed by atoms with E-state index < -0.39 is 0 Å². The van der Waals surface area contributed by atoms with Crippen molar-refractivity contribution in [1.29, 1.82) is 0 Å². The van der Waals surface area contributed by atoms with Gasteiger partial charge in [0.25, 0.3) is 0 Å². The number of halogens is 1. The van der Waals surface area contributed by atoms with Crippen LogP contribution in [0.4, 0.5) is 0 Å². The van der Waals surface area contributed by atoms with E-state index in [2.05, 4.69) is 0 Å². The van der Waals surface area contributed by atoms with Crippen LogP contribution in [0.3, 0.4) is 0 Å². The molecule has 0 atom stereocenters. The molecule has 1 amide bonds. The number of hydrogen-bond donors (Lipinski definition) is 0. The second-order valence-corrected chi connectivity index (χ2v) is 2.15. The fourth-order valence-electron chi connectivity index (χ4n) is 0.615. The fourth-order valence-corrected chi connectivity index (χ4v) is 0.829. The van der Waals surface area contributed by atoms with Crippen LogP contribution < -0.4 is 0 Å². The summed E-state index contributed by atoms with van der Waals surface area (Å²) in [5, 5.41) is 0.591. The van der Waals surface area contributed by atoms with Crippen molar-refractivity contribution in [3.8, 4) is 0 Å². The molecule has 0 aromatic heterocycles. The predicted octanol–water partition coefficient (Wildman–Crippen LogP) is 1.09. The largest absolute Gasteiger partial charge is 0.316 e. The molecule has 0 unspecified atom stereocenters. The lowest BCUT2D eigenvalue weighted by atomic mass is 10.4. The van der Waals surface area contributed by atoms with E-state index in [0.717, 1.165) is 6.41 Å². The maximum absolute atomic E-state index is 10.1. The average molecular weight is 144 g/mol. The predicted molar refractivity (Wildman–Crippen MR) is 35.8 cm³/mol. The molecule has 1 heterocycles. The maximum Gasteiger partial charge on any atom is 0.214 e. The molecule has 0 saturated carbocycles. The molecule has 1 rings (SSSR count). The normalized spacial score (nSPS) is 17.4. The summed E-state index contributed by atoms with van der Waals surface area (Å²) in [5.41, 5.74) is 0. The minimum absolute atomic E-state index is 0.591. The van der Waals surface area contributed by atoms with Gasteiger partial charge in [0, 0.05) is 12.7 Å². The van der Waals surface area contributed by atoms with Crippen molar-refractivity contribution < 1.29 is 4.79 Å². The SMILES string of the molecule is O=CN1C=C(Cl)C=CC1. The standard InChI is InChI=1S/C6H6ClNO/c7-6-2-1-3-8(4-6)5-9/h1-2,4-5H,3H2. The minimum atomic E-state index is 0.591. The molecule has 0 spiro atoms. The summed E-state index contributed by atoms with van der Waals surface area (Å²) >= 11 is 5.56. The van der Waals surface area contributed by atoms with Crippen LogP contribution in [0, 0.1) is 0 Å². The first-order chi connectivity index (χ1) is 4.33. The molecule has 48 valence electrons. The molecular formula is C6H6ClNO. The van der Waals surface area contributed by atoms with Gasteiger partial charge in [0.15, 0.2) is 0 Å². The monoisotopic (exact) mass is 143 g/mol. The van der Waals surface area contributed by atoms with E-state index in [1.54, 1.807) is 12.3 Å². The number of nitrogens with zero attached hydrogens (tertiary/aromatic N) is 1. The van der Waals surface area contributed by atoms with E-state index in [1.807, 2.05) is 6.08 Å². The quantitative estimate of drug-likeness (QED) is 0.504. The van der Waals surface area contributed by atoms with Crippen LogP contribution in [0.1, 0.15) is 0 Å². The van der Waals surface area contributed by atoms with Crippen LogP contribution in [0.25, 0.3) is 0 Å². The third-order valence-corrected chi connectivity index (χ3v) is 1.24. The third-order valence-electron chi connectivity index (χ3n) is 1.02. The van der Waals surface area contributed by atoms with Gasteiger partial charge in [0.2, 0.25) is 6.41 Å². The lowest BCUT2D eigenvalue weighted by Gasteiger charge is -2.12. The number of carbonyl (C=O) groups excluding carboxylic acids is 1. The van der Waals surface area contributed by atoms with E-state index in [4.69, 9.17) is 11.6 Å². The Balaban J connectivity index is 2.65. The molecule has 0 saturated heterocycles. The number of amides is 1. The molecule has 1 aliphatic rings. The zero-order valence-electron chi connectivity index (χ0n) is 4.75. The molecular weight excluding hydrogens is 138 g/mol. The number of carbonyl (C=O) groups is 1. The van der Waals surface area contributed by atoms with Crippen molar-refractivity contribution in [3.05, 3.63) is 23.4 Å². The molecule has 0 radical (unpaired) electrons. The molecule has 3 heteroatoms. The topological polar surface area (TPSA) is 20.3 Å². The van der Waals surface area contributed by atoms with Gasteiger partial charge in [-0.25, -0.2) is 0 Å². The van der Waals surface area contributed by atoms with Gasteiger partial charge in [-0.15, -0.1) is 0 Å². The van der Waals surface area contributed by atoms with Crippen molar-refractivity contribution in [2.24, 2.45) is 0 Å². The molecule has 9 heavy (non-hydrogen) atoms. The minimum Gasteiger partial charge on any atom is -0.316 e. The molecule has 0 bridgehead atoms. The van der Waals surface area contributed by atoms with Crippen molar-refractivity contribution in [2.75, 3.05) is 6.54 Å². The van der Waals surface area contributed by atoms with Gasteiger partial charge < -0.3 is 4.90 Å². The zero-order chi connectivity index (χ0) is 6.69. The summed E-state index contributed by atoms with van der Waals surface area (Å²) in [5.74, 6) is 0. The molecule has 0 aromatic rings. The van der Waals surface area contributed by atoms with E-state index in [1.165, 1.54) is 4.90 Å². The molecule has 0 fully saturated rings. The van der Waals surface area contributed by atoms with Crippen LogP contribution in [-0.4, -0.2) is 17.9 Å². The Hall–Kier alpha value is -0.760. The molecule has 0 aromatic carbocycles. The van der Waals surface area contributed by atoms with Crippen molar-refractivity contribution in [1.82, 2.24) is 4.90 Å². The van der Waals surface area contributed by atoms with Gasteiger partial charge in [0.1, 0.15) is 0 Å². The molecule has 2 nitrogen and oxygen atoms in total. The van der Waals surface area contributed by atoms with Crippen molar-refractivity contribution >= 4 is 18.0 Å². The summed E-state index contributed by atoms with van der Waals surface area (Å²) in [4.78, 5) is 11.6. The maximum atomic E-state index is 10.1. The Morgan fingerprint density at radius 3 is 3.00 bits per heavy atom. The highest BCUT2D eigenvalue weighted by molar-refractivity contribution is 6.31. The molecule has 1 aliphatic heterocycles. The Bertz CT molecular complexity index is 174. The summed E-state index contributed by atoms with van der Waals surface area (Å²) in [6.45, 7) is 0.625. The highest BCUT2D eigenvalue weighted by Crippen LogP contribution is 2.08. The summed E-state index contributed by atoms with van der Waals surface area (Å²) in [6, 6.07) is 0. The summed E-state index contributed by atoms with van der Waals surface area (Å²) < 4.78 is 0. The Morgan fingerprint density at radius 2 is 2.56 bits per heavy atom. The van der Waals surface area contributed by atoms with E-state index in [0.29, 0.717) is 11.6 Å². The molecule has 0 N–H and O–H groups in total. The van der Waals surface area contributed by atoms with E-state index >= 15 is 0 Å². The van der Waals surface area contributed by atoms with Crippen molar-refractivity contribution in [3.63, 3.8) is 0 Å². The lowest BCUT2D eigenvalue weighted by molar-refractivity contribution is -0.115. The Labute approximate surface area is 58.4 Å². The van der Waals surface area contributed by atoms with Crippen LogP contribution >= 0.6 is 11.6 Å². The van der Waals surface area contributed by atoms with Gasteiger partial charge in [-0.05, 0) is 6.08 Å². The second-order valence-electron chi connectivity index (χ2n) is 1.72. The first-order valence-electron chi connectivity index (χ1n) is 2.58. The Kier molecular flexibility index (Phi) is 1.90. The molecule has 0 aliphatic carbocycles. The second kappa shape index (κ2) is 2.69.